The van der Waals surface area contributed by atoms with Crippen molar-refractivity contribution in [2.45, 2.75) is 25.3 Å². The third-order valence-electron chi connectivity index (χ3n) is 3.89. The topological polar surface area (TPSA) is 98.5 Å². The molecule has 0 aromatic rings. The van der Waals surface area contributed by atoms with E-state index in [1.54, 1.807) is 0 Å². The zero-order chi connectivity index (χ0) is 13.2. The van der Waals surface area contributed by atoms with Crippen LogP contribution in [0, 0.1) is 5.41 Å². The Kier molecular flexibility index (Phi) is 3.93. The zero-order valence-electron chi connectivity index (χ0n) is 10.4. The number of hydrogen-bond acceptors (Lipinski definition) is 5. The van der Waals surface area contributed by atoms with Gasteiger partial charge >= 0.3 is 0 Å². The second-order valence-corrected chi connectivity index (χ2v) is 7.40. The summed E-state index contributed by atoms with van der Waals surface area (Å²) >= 11 is 0. The molecule has 2 aliphatic heterocycles. The molecule has 104 valence electrons. The fraction of sp³-hybridized carbons (Fsp3) is 0.909. The van der Waals surface area contributed by atoms with E-state index in [0.29, 0.717) is 32.5 Å². The van der Waals surface area contributed by atoms with Gasteiger partial charge in [0.2, 0.25) is 5.91 Å². The van der Waals surface area contributed by atoms with Crippen LogP contribution in [0.15, 0.2) is 0 Å². The van der Waals surface area contributed by atoms with Crippen molar-refractivity contribution in [3.05, 3.63) is 0 Å². The van der Waals surface area contributed by atoms with E-state index >= 15 is 0 Å². The molecule has 7 heteroatoms. The monoisotopic (exact) mass is 276 g/mol. The first kappa shape index (κ1) is 13.8. The van der Waals surface area contributed by atoms with Gasteiger partial charge in [-0.3, -0.25) is 4.79 Å². The number of sulfone groups is 1. The molecule has 0 aromatic carbocycles. The molecule has 2 rings (SSSR count). The van der Waals surface area contributed by atoms with Crippen molar-refractivity contribution in [1.82, 2.24) is 5.32 Å². The van der Waals surface area contributed by atoms with Crippen LogP contribution in [0.5, 0.6) is 0 Å². The Bertz CT molecular complexity index is 415. The molecule has 1 atom stereocenters. The molecule has 2 fully saturated rings. The van der Waals surface area contributed by atoms with Crippen molar-refractivity contribution >= 4 is 15.7 Å². The first-order valence-corrected chi connectivity index (χ1v) is 8.09. The third kappa shape index (κ3) is 2.84. The van der Waals surface area contributed by atoms with Crippen LogP contribution in [0.3, 0.4) is 0 Å². The summed E-state index contributed by atoms with van der Waals surface area (Å²) in [6, 6.07) is -0.256. The highest BCUT2D eigenvalue weighted by atomic mass is 32.2. The maximum atomic E-state index is 12.3. The second kappa shape index (κ2) is 5.14. The highest BCUT2D eigenvalue weighted by molar-refractivity contribution is 7.91. The standard InChI is InChI=1S/C11H20N2O4S/c12-8-11(2-4-17-5-3-11)10(14)13-9-1-6-18(15,16)7-9/h9H,1-8,12H2,(H,13,14). The summed E-state index contributed by atoms with van der Waals surface area (Å²) in [4.78, 5) is 12.3. The maximum Gasteiger partial charge on any atom is 0.227 e. The molecule has 1 unspecified atom stereocenters. The van der Waals surface area contributed by atoms with E-state index < -0.39 is 15.3 Å². The van der Waals surface area contributed by atoms with Gasteiger partial charge in [0.05, 0.1) is 16.9 Å². The average Bonchev–Trinajstić information content (AvgIpc) is 2.69. The van der Waals surface area contributed by atoms with Crippen molar-refractivity contribution in [2.24, 2.45) is 11.1 Å². The molecular formula is C11H20N2O4S. The molecule has 2 saturated heterocycles. The highest BCUT2D eigenvalue weighted by Crippen LogP contribution is 2.30. The Morgan fingerprint density at radius 3 is 2.56 bits per heavy atom. The van der Waals surface area contributed by atoms with Gasteiger partial charge in [0.1, 0.15) is 0 Å². The summed E-state index contributed by atoms with van der Waals surface area (Å²) in [5.41, 5.74) is 5.15. The number of carbonyl (C=O) groups excluding carboxylic acids is 1. The number of ether oxygens (including phenoxy) is 1. The Hall–Kier alpha value is -0.660. The van der Waals surface area contributed by atoms with Gasteiger partial charge in [0, 0.05) is 25.8 Å². The first-order valence-electron chi connectivity index (χ1n) is 6.27. The van der Waals surface area contributed by atoms with Crippen LogP contribution in [0.25, 0.3) is 0 Å². The molecule has 0 bridgehead atoms. The molecule has 0 saturated carbocycles. The van der Waals surface area contributed by atoms with Crippen LogP contribution in [0.2, 0.25) is 0 Å². The third-order valence-corrected chi connectivity index (χ3v) is 5.66. The normalized spacial score (nSPS) is 29.9. The smallest absolute Gasteiger partial charge is 0.227 e. The number of nitrogens with one attached hydrogen (secondary N) is 1. The van der Waals surface area contributed by atoms with E-state index in [1.165, 1.54) is 0 Å². The van der Waals surface area contributed by atoms with Gasteiger partial charge in [-0.1, -0.05) is 0 Å². The minimum Gasteiger partial charge on any atom is -0.381 e. The van der Waals surface area contributed by atoms with Gasteiger partial charge < -0.3 is 15.8 Å². The van der Waals surface area contributed by atoms with Crippen molar-refractivity contribution in [3.63, 3.8) is 0 Å². The van der Waals surface area contributed by atoms with Crippen LogP contribution in [-0.4, -0.2) is 51.6 Å². The predicted molar refractivity (Wildman–Crippen MR) is 66.7 cm³/mol. The molecule has 3 N–H and O–H groups in total. The summed E-state index contributed by atoms with van der Waals surface area (Å²) in [5, 5.41) is 2.84. The van der Waals surface area contributed by atoms with Crippen molar-refractivity contribution in [3.8, 4) is 0 Å². The lowest BCUT2D eigenvalue weighted by Gasteiger charge is -2.35. The minimum absolute atomic E-state index is 0.0515. The van der Waals surface area contributed by atoms with Gasteiger partial charge in [0.25, 0.3) is 0 Å². The van der Waals surface area contributed by atoms with Crippen LogP contribution in [0.4, 0.5) is 0 Å². The van der Waals surface area contributed by atoms with Crippen LogP contribution >= 0.6 is 0 Å². The Morgan fingerprint density at radius 1 is 1.39 bits per heavy atom. The van der Waals surface area contributed by atoms with E-state index in [9.17, 15) is 13.2 Å². The first-order chi connectivity index (χ1) is 8.47. The summed E-state index contributed by atoms with van der Waals surface area (Å²) in [5.74, 6) is 0.0995. The molecule has 18 heavy (non-hydrogen) atoms. The van der Waals surface area contributed by atoms with Crippen molar-refractivity contribution in [2.75, 3.05) is 31.3 Å². The van der Waals surface area contributed by atoms with E-state index in [1.807, 2.05) is 0 Å². The van der Waals surface area contributed by atoms with Crippen LogP contribution < -0.4 is 11.1 Å². The summed E-state index contributed by atoms with van der Waals surface area (Å²) in [7, 11) is -2.97. The number of nitrogens with two attached hydrogens (primary N) is 1. The molecule has 2 aliphatic rings. The minimum atomic E-state index is -2.97. The molecule has 0 radical (unpaired) electrons. The molecule has 1 amide bonds. The summed E-state index contributed by atoms with van der Waals surface area (Å²) < 4.78 is 28.0. The Labute approximate surface area is 107 Å². The molecular weight excluding hydrogens is 256 g/mol. The van der Waals surface area contributed by atoms with E-state index in [0.717, 1.165) is 0 Å². The number of hydrogen-bond donors (Lipinski definition) is 2. The van der Waals surface area contributed by atoms with Gasteiger partial charge in [0.15, 0.2) is 9.84 Å². The lowest BCUT2D eigenvalue weighted by atomic mass is 9.79. The van der Waals surface area contributed by atoms with Crippen LogP contribution in [0.1, 0.15) is 19.3 Å². The molecule has 0 spiro atoms. The number of rotatable bonds is 3. The number of carbonyl (C=O) groups is 1. The van der Waals surface area contributed by atoms with Gasteiger partial charge in [-0.2, -0.15) is 0 Å². The van der Waals surface area contributed by atoms with E-state index in [-0.39, 0.29) is 30.0 Å². The van der Waals surface area contributed by atoms with Crippen molar-refractivity contribution < 1.29 is 17.9 Å². The fourth-order valence-electron chi connectivity index (χ4n) is 2.53. The maximum absolute atomic E-state index is 12.3. The average molecular weight is 276 g/mol. The molecule has 0 aliphatic carbocycles. The van der Waals surface area contributed by atoms with Crippen molar-refractivity contribution in [1.29, 1.82) is 0 Å². The fourth-order valence-corrected chi connectivity index (χ4v) is 4.21. The van der Waals surface area contributed by atoms with Gasteiger partial charge in [-0.05, 0) is 19.3 Å². The van der Waals surface area contributed by atoms with Gasteiger partial charge in [-0.15, -0.1) is 0 Å². The Morgan fingerprint density at radius 2 is 2.06 bits per heavy atom. The quantitative estimate of drug-likeness (QED) is 0.692. The highest BCUT2D eigenvalue weighted by Gasteiger charge is 2.40. The zero-order valence-corrected chi connectivity index (χ0v) is 11.2. The summed E-state index contributed by atoms with van der Waals surface area (Å²) in [6.45, 7) is 1.35. The largest absolute Gasteiger partial charge is 0.381 e. The lowest BCUT2D eigenvalue weighted by molar-refractivity contribution is -0.136. The van der Waals surface area contributed by atoms with E-state index in [4.69, 9.17) is 10.5 Å². The number of amides is 1. The second-order valence-electron chi connectivity index (χ2n) is 5.17. The molecule has 2 heterocycles. The van der Waals surface area contributed by atoms with Crippen LogP contribution in [-0.2, 0) is 19.4 Å². The van der Waals surface area contributed by atoms with Gasteiger partial charge in [-0.25, -0.2) is 8.42 Å². The lowest BCUT2D eigenvalue weighted by Crippen LogP contribution is -2.52. The van der Waals surface area contributed by atoms with E-state index in [2.05, 4.69) is 5.32 Å². The SMILES string of the molecule is NCC1(C(=O)NC2CCS(=O)(=O)C2)CCOCC1. The molecule has 0 aromatic heterocycles. The summed E-state index contributed by atoms with van der Waals surface area (Å²) in [6.07, 6.45) is 1.72. The predicted octanol–water partition coefficient (Wildman–Crippen LogP) is -0.955. The Balaban J connectivity index is 1.98. The molecule has 6 nitrogen and oxygen atoms in total.